The number of amides is 4. The first-order valence-electron chi connectivity index (χ1n) is 19.2. The van der Waals surface area contributed by atoms with E-state index in [1.54, 1.807) is 13.8 Å². The molecular formula is C39H49F2N5O8S. The lowest BCUT2D eigenvalue weighted by Crippen LogP contribution is -2.58. The Morgan fingerprint density at radius 2 is 1.85 bits per heavy atom. The van der Waals surface area contributed by atoms with E-state index >= 15 is 0 Å². The van der Waals surface area contributed by atoms with Gasteiger partial charge in [-0.2, -0.15) is 0 Å². The second-order valence-electron chi connectivity index (χ2n) is 16.7. The molecule has 2 aromatic rings. The average Bonchev–Trinajstić information content (AvgIpc) is 4.02. The molecule has 3 aliphatic heterocycles. The number of allylic oxidation sites excluding steroid dienone is 1. The van der Waals surface area contributed by atoms with Crippen molar-refractivity contribution in [3.63, 3.8) is 0 Å². The Kier molecular flexibility index (Phi) is 10.1. The molecule has 13 nitrogen and oxygen atoms in total. The van der Waals surface area contributed by atoms with Crippen LogP contribution >= 0.6 is 0 Å². The molecule has 1 spiro atoms. The lowest BCUT2D eigenvalue weighted by atomic mass is 9.87. The molecule has 4 amide bonds. The third kappa shape index (κ3) is 7.50. The summed E-state index contributed by atoms with van der Waals surface area (Å²) in [5.41, 5.74) is -1.36. The normalized spacial score (nSPS) is 29.5. The average molecular weight is 786 g/mol. The van der Waals surface area contributed by atoms with Gasteiger partial charge in [-0.1, -0.05) is 38.8 Å². The van der Waals surface area contributed by atoms with Gasteiger partial charge < -0.3 is 25.0 Å². The van der Waals surface area contributed by atoms with Crippen LogP contribution in [0.2, 0.25) is 0 Å². The molecule has 5 aliphatic rings. The summed E-state index contributed by atoms with van der Waals surface area (Å²) in [5.74, 6) is -4.12. The Balaban J connectivity index is 1.23. The van der Waals surface area contributed by atoms with Gasteiger partial charge in [-0.3, -0.25) is 19.1 Å². The van der Waals surface area contributed by atoms with Gasteiger partial charge in [0.2, 0.25) is 21.8 Å². The van der Waals surface area contributed by atoms with E-state index in [-0.39, 0.29) is 43.8 Å². The number of ether oxygens (including phenoxy) is 2. The third-order valence-corrected chi connectivity index (χ3v) is 14.0. The van der Waals surface area contributed by atoms with Crippen molar-refractivity contribution in [1.82, 2.24) is 25.2 Å². The van der Waals surface area contributed by atoms with Gasteiger partial charge in [0.1, 0.15) is 29.0 Å². The van der Waals surface area contributed by atoms with E-state index in [4.69, 9.17) is 9.47 Å². The van der Waals surface area contributed by atoms with Gasteiger partial charge >= 0.3 is 6.09 Å². The fraction of sp³-hybridized carbons (Fsp3) is 0.615. The van der Waals surface area contributed by atoms with Crippen LogP contribution in [0.4, 0.5) is 13.6 Å². The molecule has 0 radical (unpaired) electrons. The fourth-order valence-electron chi connectivity index (χ4n) is 8.11. The molecule has 3 fully saturated rings. The summed E-state index contributed by atoms with van der Waals surface area (Å²) in [4.78, 5) is 61.9. The van der Waals surface area contributed by atoms with Crippen LogP contribution in [0.15, 0.2) is 24.3 Å². The molecule has 5 atom stereocenters. The van der Waals surface area contributed by atoms with Crippen molar-refractivity contribution in [2.24, 2.45) is 11.8 Å². The van der Waals surface area contributed by atoms with Crippen LogP contribution in [0.5, 0.6) is 5.75 Å². The monoisotopic (exact) mass is 785 g/mol. The molecule has 0 unspecified atom stereocenters. The SMILES string of the molecule is Cc1nc2cc(F)c(F)cc2c2c1O[C@]1(CC2)C[C@H]2C(=O)N[C@]3(C(=O)NS(=O)(=O)C4(C)CC4)C[C@H]3/C=C\CCCCC[C@H](NC(=O)OCC(C)C)C(=O)N2C1. The maximum absolute atomic E-state index is 14.6. The van der Waals surface area contributed by atoms with Crippen LogP contribution in [0.3, 0.4) is 0 Å². The number of sulfonamides is 1. The zero-order valence-electron chi connectivity index (χ0n) is 31.6. The molecule has 4 heterocycles. The van der Waals surface area contributed by atoms with Crippen LogP contribution in [-0.2, 0) is 35.6 Å². The molecule has 1 saturated heterocycles. The van der Waals surface area contributed by atoms with Gasteiger partial charge in [-0.15, -0.1) is 0 Å². The minimum absolute atomic E-state index is 0.00163. The number of nitrogens with zero attached hydrogens (tertiary/aromatic N) is 2. The standard InChI is InChI=1S/C39H49F2N5O8S/c1-22(2)20-53-36(50)43-29-11-9-7-5-6-8-10-24-18-39(24,35(49)45-55(51,52)37(4)14-15-37)44-33(47)31-19-38(21-46(31)34(29)48)13-12-25-26-16-27(40)28(41)17-30(26)42-23(3)32(25)54-38/h8,10,16-17,22,24,29,31H,5-7,9,11-15,18-21H2,1-4H3,(H,43,50)(H,44,47)(H,45,49)/b10-8-/t24-,29+,31+,38-,39-/m1/s1. The Morgan fingerprint density at radius 1 is 1.11 bits per heavy atom. The zero-order chi connectivity index (χ0) is 39.5. The summed E-state index contributed by atoms with van der Waals surface area (Å²) in [6, 6.07) is -0.0827. The van der Waals surface area contributed by atoms with Crippen LogP contribution in [0, 0.1) is 30.4 Å². The van der Waals surface area contributed by atoms with Crippen molar-refractivity contribution in [2.45, 2.75) is 126 Å². The Labute approximate surface area is 319 Å². The molecular weight excluding hydrogens is 737 g/mol. The first-order valence-corrected chi connectivity index (χ1v) is 20.7. The third-order valence-electron chi connectivity index (χ3n) is 11.9. The number of nitrogens with one attached hydrogen (secondary N) is 3. The van der Waals surface area contributed by atoms with E-state index in [1.807, 2.05) is 26.0 Å². The predicted molar refractivity (Wildman–Crippen MR) is 197 cm³/mol. The number of carbonyl (C=O) groups excluding carboxylic acids is 4. The Hall–Kier alpha value is -4.34. The van der Waals surface area contributed by atoms with Crippen LogP contribution in [-0.4, -0.2) is 83.2 Å². The quantitative estimate of drug-likeness (QED) is 0.353. The van der Waals surface area contributed by atoms with Crippen molar-refractivity contribution in [3.05, 3.63) is 47.2 Å². The number of halogens is 2. The lowest BCUT2D eigenvalue weighted by molar-refractivity contribution is -0.141. The highest BCUT2D eigenvalue weighted by atomic mass is 32.2. The highest BCUT2D eigenvalue weighted by Crippen LogP contribution is 2.49. The maximum Gasteiger partial charge on any atom is 0.407 e. The van der Waals surface area contributed by atoms with Crippen molar-refractivity contribution in [3.8, 4) is 5.75 Å². The minimum Gasteiger partial charge on any atom is -0.483 e. The molecule has 2 saturated carbocycles. The highest BCUT2D eigenvalue weighted by Gasteiger charge is 2.64. The Bertz CT molecular complexity index is 2070. The van der Waals surface area contributed by atoms with Crippen LogP contribution < -0.4 is 20.1 Å². The Morgan fingerprint density at radius 3 is 2.58 bits per heavy atom. The largest absolute Gasteiger partial charge is 0.483 e. The van der Waals surface area contributed by atoms with Crippen molar-refractivity contribution in [1.29, 1.82) is 0 Å². The zero-order valence-corrected chi connectivity index (χ0v) is 32.5. The van der Waals surface area contributed by atoms with E-state index in [1.165, 1.54) is 4.90 Å². The maximum atomic E-state index is 14.6. The summed E-state index contributed by atoms with van der Waals surface area (Å²) in [6.07, 6.45) is 7.70. The van der Waals surface area contributed by atoms with Crippen molar-refractivity contribution < 1.29 is 45.9 Å². The van der Waals surface area contributed by atoms with Crippen LogP contribution in [0.25, 0.3) is 10.9 Å². The molecule has 0 bridgehead atoms. The molecule has 1 aromatic carbocycles. The summed E-state index contributed by atoms with van der Waals surface area (Å²) >= 11 is 0. The molecule has 2 aliphatic carbocycles. The number of hydrogen-bond donors (Lipinski definition) is 3. The summed E-state index contributed by atoms with van der Waals surface area (Å²) in [6.45, 7) is 7.12. The molecule has 55 heavy (non-hydrogen) atoms. The molecule has 7 rings (SSSR count). The van der Waals surface area contributed by atoms with Gasteiger partial charge in [0, 0.05) is 29.4 Å². The minimum atomic E-state index is -4.02. The predicted octanol–water partition coefficient (Wildman–Crippen LogP) is 4.63. The van der Waals surface area contributed by atoms with Gasteiger partial charge in [-0.25, -0.2) is 27.0 Å². The van der Waals surface area contributed by atoms with Gasteiger partial charge in [0.05, 0.1) is 29.1 Å². The first kappa shape index (κ1) is 38.9. The number of rotatable bonds is 6. The number of hydrogen-bond acceptors (Lipinski definition) is 9. The lowest BCUT2D eigenvalue weighted by Gasteiger charge is -2.36. The second-order valence-corrected chi connectivity index (χ2v) is 18.9. The van der Waals surface area contributed by atoms with Crippen molar-refractivity contribution in [2.75, 3.05) is 13.2 Å². The van der Waals surface area contributed by atoms with E-state index < -0.39 is 79.4 Å². The molecule has 3 N–H and O–H groups in total. The number of benzene rings is 1. The number of alkyl carbamates (subject to hydrolysis) is 1. The van der Waals surface area contributed by atoms with E-state index in [2.05, 4.69) is 20.3 Å². The topological polar surface area (TPSA) is 173 Å². The second kappa shape index (κ2) is 14.3. The van der Waals surface area contributed by atoms with Gasteiger partial charge in [0.25, 0.3) is 5.91 Å². The smallest absolute Gasteiger partial charge is 0.407 e. The van der Waals surface area contributed by atoms with Crippen molar-refractivity contribution >= 4 is 44.7 Å². The van der Waals surface area contributed by atoms with E-state index in [0.29, 0.717) is 60.9 Å². The summed E-state index contributed by atoms with van der Waals surface area (Å²) < 4.78 is 68.2. The fourth-order valence-corrected chi connectivity index (χ4v) is 9.43. The van der Waals surface area contributed by atoms with Crippen LogP contribution in [0.1, 0.15) is 96.2 Å². The van der Waals surface area contributed by atoms with Gasteiger partial charge in [0.15, 0.2) is 11.6 Å². The number of fused-ring (bicyclic) bond motifs is 5. The highest BCUT2D eigenvalue weighted by molar-refractivity contribution is 7.91. The number of pyridine rings is 1. The molecule has 1 aromatic heterocycles. The number of aromatic nitrogens is 1. The van der Waals surface area contributed by atoms with Gasteiger partial charge in [-0.05, 0) is 77.2 Å². The summed E-state index contributed by atoms with van der Waals surface area (Å²) in [5, 5.41) is 6.01. The first-order chi connectivity index (χ1) is 26.0. The van der Waals surface area contributed by atoms with E-state index in [9.17, 15) is 36.4 Å². The molecule has 16 heteroatoms. The summed E-state index contributed by atoms with van der Waals surface area (Å²) in [7, 11) is -4.02. The number of carbonyl (C=O) groups is 4. The molecule has 298 valence electrons. The number of aryl methyl sites for hydroxylation is 2. The van der Waals surface area contributed by atoms with E-state index in [0.717, 1.165) is 25.0 Å².